The Morgan fingerprint density at radius 2 is 2.25 bits per heavy atom. The van der Waals surface area contributed by atoms with E-state index >= 15 is 0 Å². The highest BCUT2D eigenvalue weighted by Crippen LogP contribution is 2.26. The summed E-state index contributed by atoms with van der Waals surface area (Å²) in [6.07, 6.45) is 0. The molecule has 0 radical (unpaired) electrons. The van der Waals surface area contributed by atoms with Crippen LogP contribution < -0.4 is 0 Å². The van der Waals surface area contributed by atoms with Gasteiger partial charge in [-0.1, -0.05) is 0 Å². The number of hydrogen-bond acceptors (Lipinski definition) is 6. The monoisotopic (exact) mass is 293 g/mol. The van der Waals surface area contributed by atoms with Gasteiger partial charge in [0.05, 0.1) is 18.8 Å². The van der Waals surface area contributed by atoms with Crippen LogP contribution in [-0.4, -0.2) is 40.8 Å². The van der Waals surface area contributed by atoms with Crippen LogP contribution >= 0.6 is 11.3 Å². The van der Waals surface area contributed by atoms with Gasteiger partial charge in [-0.3, -0.25) is 4.79 Å². The maximum atomic E-state index is 12.7. The molecule has 1 atom stereocenters. The van der Waals surface area contributed by atoms with Crippen molar-refractivity contribution in [3.05, 3.63) is 33.7 Å². The number of thiophene rings is 1. The Hall–Kier alpha value is -1.73. The number of aromatic nitrogens is 2. The third kappa shape index (κ3) is 2.34. The van der Waals surface area contributed by atoms with Crippen LogP contribution in [0.15, 0.2) is 15.2 Å². The first-order chi connectivity index (χ1) is 9.66. The molecule has 0 saturated carbocycles. The highest BCUT2D eigenvalue weighted by atomic mass is 32.1. The molecule has 3 rings (SSSR count). The molecular formula is C13H15N3O3S. The number of rotatable bonds is 2. The molecule has 0 aromatic carbocycles. The van der Waals surface area contributed by atoms with E-state index < -0.39 is 0 Å². The smallest absolute Gasteiger partial charge is 0.255 e. The average molecular weight is 293 g/mol. The number of hydrogen-bond donors (Lipinski definition) is 0. The fourth-order valence-electron chi connectivity index (χ4n) is 2.23. The minimum Gasteiger partial charge on any atom is -0.423 e. The summed E-state index contributed by atoms with van der Waals surface area (Å²) in [5, 5.41) is 11.7. The number of aryl methyl sites for hydroxylation is 2. The van der Waals surface area contributed by atoms with E-state index in [1.54, 1.807) is 11.8 Å². The SMILES string of the molecule is Cc1nnc(C2COCCN2C(=O)c2cscc2C)o1. The maximum Gasteiger partial charge on any atom is 0.255 e. The van der Waals surface area contributed by atoms with Crippen LogP contribution in [0.3, 0.4) is 0 Å². The Morgan fingerprint density at radius 3 is 2.90 bits per heavy atom. The third-order valence-electron chi connectivity index (χ3n) is 3.30. The number of ether oxygens (including phenoxy) is 1. The first kappa shape index (κ1) is 13.3. The van der Waals surface area contributed by atoms with Gasteiger partial charge in [0.25, 0.3) is 5.91 Å². The summed E-state index contributed by atoms with van der Waals surface area (Å²) in [6.45, 7) is 5.11. The van der Waals surface area contributed by atoms with E-state index in [4.69, 9.17) is 9.15 Å². The van der Waals surface area contributed by atoms with Gasteiger partial charge in [-0.05, 0) is 17.9 Å². The minimum atomic E-state index is -0.309. The molecule has 1 fully saturated rings. The number of carbonyl (C=O) groups is 1. The van der Waals surface area contributed by atoms with Crippen LogP contribution in [0.5, 0.6) is 0 Å². The second-order valence-corrected chi connectivity index (χ2v) is 5.46. The van der Waals surface area contributed by atoms with Crippen LogP contribution in [0.1, 0.15) is 33.7 Å². The summed E-state index contributed by atoms with van der Waals surface area (Å²) in [6, 6.07) is -0.309. The van der Waals surface area contributed by atoms with Gasteiger partial charge in [0, 0.05) is 18.8 Å². The number of nitrogens with zero attached hydrogens (tertiary/aromatic N) is 3. The Kier molecular flexibility index (Phi) is 3.54. The number of morpholine rings is 1. The van der Waals surface area contributed by atoms with Gasteiger partial charge < -0.3 is 14.1 Å². The number of amides is 1. The Bertz CT molecular complexity index is 622. The predicted octanol–water partition coefficient (Wildman–Crippen LogP) is 1.96. The summed E-state index contributed by atoms with van der Waals surface area (Å²) in [4.78, 5) is 14.4. The lowest BCUT2D eigenvalue weighted by molar-refractivity contribution is -0.0106. The van der Waals surface area contributed by atoms with Gasteiger partial charge in [-0.25, -0.2) is 0 Å². The molecule has 1 saturated heterocycles. The molecule has 3 heterocycles. The van der Waals surface area contributed by atoms with Crippen LogP contribution in [0, 0.1) is 13.8 Å². The summed E-state index contributed by atoms with van der Waals surface area (Å²) in [5.74, 6) is 0.918. The quantitative estimate of drug-likeness (QED) is 0.846. The molecule has 0 aliphatic carbocycles. The van der Waals surface area contributed by atoms with E-state index in [-0.39, 0.29) is 11.9 Å². The third-order valence-corrected chi connectivity index (χ3v) is 4.16. The lowest BCUT2D eigenvalue weighted by Gasteiger charge is -2.33. The highest BCUT2D eigenvalue weighted by molar-refractivity contribution is 7.08. The molecule has 2 aromatic heterocycles. The van der Waals surface area contributed by atoms with Crippen LogP contribution in [0.25, 0.3) is 0 Å². The van der Waals surface area contributed by atoms with Crippen molar-refractivity contribution in [1.29, 1.82) is 0 Å². The van der Waals surface area contributed by atoms with Crippen molar-refractivity contribution >= 4 is 17.2 Å². The lowest BCUT2D eigenvalue weighted by Crippen LogP contribution is -2.43. The van der Waals surface area contributed by atoms with Gasteiger partial charge in [0.1, 0.15) is 6.04 Å². The van der Waals surface area contributed by atoms with Crippen LogP contribution in [0.2, 0.25) is 0 Å². The minimum absolute atomic E-state index is 0.00657. The van der Waals surface area contributed by atoms with E-state index in [1.807, 2.05) is 17.7 Å². The van der Waals surface area contributed by atoms with Crippen molar-refractivity contribution in [3.63, 3.8) is 0 Å². The molecule has 1 aliphatic rings. The molecule has 0 spiro atoms. The summed E-state index contributed by atoms with van der Waals surface area (Å²) < 4.78 is 10.9. The predicted molar refractivity (Wildman–Crippen MR) is 72.7 cm³/mol. The molecule has 7 heteroatoms. The van der Waals surface area contributed by atoms with Gasteiger partial charge in [0.15, 0.2) is 0 Å². The van der Waals surface area contributed by atoms with Crippen molar-refractivity contribution in [2.75, 3.05) is 19.8 Å². The molecule has 6 nitrogen and oxygen atoms in total. The fourth-order valence-corrected chi connectivity index (χ4v) is 3.05. The van der Waals surface area contributed by atoms with Crippen LogP contribution in [0.4, 0.5) is 0 Å². The van der Waals surface area contributed by atoms with Crippen molar-refractivity contribution < 1.29 is 13.9 Å². The fraction of sp³-hybridized carbons (Fsp3) is 0.462. The van der Waals surface area contributed by atoms with Gasteiger partial charge in [0.2, 0.25) is 11.8 Å². The van der Waals surface area contributed by atoms with Crippen molar-refractivity contribution in [1.82, 2.24) is 15.1 Å². The van der Waals surface area contributed by atoms with Crippen LogP contribution in [-0.2, 0) is 4.74 Å². The topological polar surface area (TPSA) is 68.5 Å². The zero-order chi connectivity index (χ0) is 14.1. The first-order valence-electron chi connectivity index (χ1n) is 6.38. The first-order valence-corrected chi connectivity index (χ1v) is 7.32. The Labute approximate surface area is 120 Å². The zero-order valence-corrected chi connectivity index (χ0v) is 12.1. The molecule has 20 heavy (non-hydrogen) atoms. The highest BCUT2D eigenvalue weighted by Gasteiger charge is 2.33. The van der Waals surface area contributed by atoms with Gasteiger partial charge >= 0.3 is 0 Å². The molecule has 2 aromatic rings. The Balaban J connectivity index is 1.89. The second kappa shape index (κ2) is 5.34. The van der Waals surface area contributed by atoms with E-state index in [0.29, 0.717) is 31.5 Å². The summed E-state index contributed by atoms with van der Waals surface area (Å²) in [5.41, 5.74) is 1.73. The zero-order valence-electron chi connectivity index (χ0n) is 11.3. The van der Waals surface area contributed by atoms with E-state index in [9.17, 15) is 4.79 Å². The largest absolute Gasteiger partial charge is 0.423 e. The standard InChI is InChI=1S/C13H15N3O3S/c1-8-6-20-7-10(8)13(17)16-3-4-18-5-11(16)12-15-14-9(2)19-12/h6-7,11H,3-5H2,1-2H3. The molecule has 106 valence electrons. The summed E-state index contributed by atoms with van der Waals surface area (Å²) >= 11 is 1.53. The summed E-state index contributed by atoms with van der Waals surface area (Å²) in [7, 11) is 0. The molecule has 1 aliphatic heterocycles. The molecular weight excluding hydrogens is 278 g/mol. The van der Waals surface area contributed by atoms with Gasteiger partial charge in [-0.15, -0.1) is 10.2 Å². The second-order valence-electron chi connectivity index (χ2n) is 4.72. The number of carbonyl (C=O) groups excluding carboxylic acids is 1. The normalized spacial score (nSPS) is 19.3. The molecule has 1 unspecified atom stereocenters. The maximum absolute atomic E-state index is 12.7. The molecule has 1 amide bonds. The van der Waals surface area contributed by atoms with Crippen molar-refractivity contribution in [2.45, 2.75) is 19.9 Å². The average Bonchev–Trinajstić information content (AvgIpc) is 3.07. The molecule has 0 N–H and O–H groups in total. The van der Waals surface area contributed by atoms with E-state index in [0.717, 1.165) is 11.1 Å². The van der Waals surface area contributed by atoms with Crippen molar-refractivity contribution in [3.8, 4) is 0 Å². The van der Waals surface area contributed by atoms with E-state index in [1.165, 1.54) is 11.3 Å². The Morgan fingerprint density at radius 1 is 1.40 bits per heavy atom. The molecule has 0 bridgehead atoms. The van der Waals surface area contributed by atoms with Gasteiger partial charge in [-0.2, -0.15) is 11.3 Å². The van der Waals surface area contributed by atoms with E-state index in [2.05, 4.69) is 10.2 Å². The van der Waals surface area contributed by atoms with Crippen molar-refractivity contribution in [2.24, 2.45) is 0 Å². The lowest BCUT2D eigenvalue weighted by atomic mass is 10.1.